The highest BCUT2D eigenvalue weighted by molar-refractivity contribution is 9.10. The second kappa shape index (κ2) is 5.78. The SMILES string of the molecule is CCC(=Cc1ccc(F)c(Br)c1)CNC1CC1. The Bertz CT molecular complexity index is 424. The van der Waals surface area contributed by atoms with Crippen molar-refractivity contribution in [3.8, 4) is 0 Å². The fourth-order valence-electron chi connectivity index (χ4n) is 1.68. The van der Waals surface area contributed by atoms with Crippen LogP contribution in [-0.4, -0.2) is 12.6 Å². The average molecular weight is 298 g/mol. The Morgan fingerprint density at radius 3 is 2.88 bits per heavy atom. The van der Waals surface area contributed by atoms with Crippen LogP contribution in [-0.2, 0) is 0 Å². The van der Waals surface area contributed by atoms with Crippen LogP contribution in [0.25, 0.3) is 6.08 Å². The van der Waals surface area contributed by atoms with E-state index in [0.29, 0.717) is 4.47 Å². The molecule has 2 rings (SSSR count). The lowest BCUT2D eigenvalue weighted by atomic mass is 10.1. The number of hydrogen-bond acceptors (Lipinski definition) is 1. The zero-order chi connectivity index (χ0) is 12.3. The summed E-state index contributed by atoms with van der Waals surface area (Å²) in [6.07, 6.45) is 5.77. The normalized spacial score (nSPS) is 16.3. The quantitative estimate of drug-likeness (QED) is 0.861. The minimum atomic E-state index is -0.212. The molecule has 92 valence electrons. The van der Waals surface area contributed by atoms with Crippen molar-refractivity contribution >= 4 is 22.0 Å². The molecule has 0 unspecified atom stereocenters. The van der Waals surface area contributed by atoms with Crippen molar-refractivity contribution in [1.29, 1.82) is 0 Å². The van der Waals surface area contributed by atoms with Crippen LogP contribution in [0.2, 0.25) is 0 Å². The number of benzene rings is 1. The summed E-state index contributed by atoms with van der Waals surface area (Å²) in [5.41, 5.74) is 2.41. The van der Waals surface area contributed by atoms with E-state index < -0.39 is 0 Å². The van der Waals surface area contributed by atoms with Gasteiger partial charge >= 0.3 is 0 Å². The zero-order valence-corrected chi connectivity index (χ0v) is 11.6. The van der Waals surface area contributed by atoms with Crippen molar-refractivity contribution in [3.63, 3.8) is 0 Å². The third-order valence-corrected chi connectivity index (χ3v) is 3.57. The molecule has 0 radical (unpaired) electrons. The van der Waals surface area contributed by atoms with Gasteiger partial charge in [0.2, 0.25) is 0 Å². The second-order valence-electron chi connectivity index (χ2n) is 4.48. The average Bonchev–Trinajstić information content (AvgIpc) is 3.13. The zero-order valence-electron chi connectivity index (χ0n) is 9.97. The monoisotopic (exact) mass is 297 g/mol. The Morgan fingerprint density at radius 2 is 2.29 bits per heavy atom. The van der Waals surface area contributed by atoms with E-state index in [2.05, 4.69) is 34.2 Å². The Balaban J connectivity index is 2.04. The van der Waals surface area contributed by atoms with Crippen LogP contribution in [0, 0.1) is 5.82 Å². The first kappa shape index (κ1) is 12.8. The summed E-state index contributed by atoms with van der Waals surface area (Å²) in [6.45, 7) is 3.09. The summed E-state index contributed by atoms with van der Waals surface area (Å²) in [4.78, 5) is 0. The van der Waals surface area contributed by atoms with Crippen LogP contribution in [0.15, 0.2) is 28.2 Å². The Labute approximate surface area is 110 Å². The molecular formula is C14H17BrFN. The largest absolute Gasteiger partial charge is 0.310 e. The topological polar surface area (TPSA) is 12.0 Å². The maximum atomic E-state index is 13.1. The van der Waals surface area contributed by atoms with E-state index >= 15 is 0 Å². The van der Waals surface area contributed by atoms with Crippen molar-refractivity contribution in [3.05, 3.63) is 39.6 Å². The molecule has 1 aromatic carbocycles. The third kappa shape index (κ3) is 3.93. The summed E-state index contributed by atoms with van der Waals surface area (Å²) in [6, 6.07) is 5.86. The van der Waals surface area contributed by atoms with Crippen molar-refractivity contribution in [1.82, 2.24) is 5.32 Å². The maximum absolute atomic E-state index is 13.1. The molecule has 1 aromatic rings. The molecular weight excluding hydrogens is 281 g/mol. The lowest BCUT2D eigenvalue weighted by Crippen LogP contribution is -2.18. The van der Waals surface area contributed by atoms with Crippen LogP contribution in [0.3, 0.4) is 0 Å². The third-order valence-electron chi connectivity index (χ3n) is 2.96. The van der Waals surface area contributed by atoms with Crippen LogP contribution < -0.4 is 5.32 Å². The first-order valence-electron chi connectivity index (χ1n) is 6.07. The van der Waals surface area contributed by atoms with Crippen molar-refractivity contribution in [2.45, 2.75) is 32.2 Å². The molecule has 0 amide bonds. The van der Waals surface area contributed by atoms with Crippen LogP contribution in [0.5, 0.6) is 0 Å². The standard InChI is InChI=1S/C14H17BrFN/c1-2-10(9-17-12-4-5-12)7-11-3-6-14(16)13(15)8-11/h3,6-8,12,17H,2,4-5,9H2,1H3. The number of nitrogens with one attached hydrogen (secondary N) is 1. The highest BCUT2D eigenvalue weighted by Crippen LogP contribution is 2.21. The van der Waals surface area contributed by atoms with Gasteiger partial charge in [-0.3, -0.25) is 0 Å². The van der Waals surface area contributed by atoms with Gasteiger partial charge in [0.15, 0.2) is 0 Å². The van der Waals surface area contributed by atoms with Gasteiger partial charge in [0, 0.05) is 12.6 Å². The smallest absolute Gasteiger partial charge is 0.137 e. The molecule has 3 heteroatoms. The molecule has 0 aromatic heterocycles. The maximum Gasteiger partial charge on any atom is 0.137 e. The Morgan fingerprint density at radius 1 is 1.53 bits per heavy atom. The second-order valence-corrected chi connectivity index (χ2v) is 5.34. The van der Waals surface area contributed by atoms with Crippen LogP contribution in [0.4, 0.5) is 4.39 Å². The van der Waals surface area contributed by atoms with Gasteiger partial charge in [0.1, 0.15) is 5.82 Å². The van der Waals surface area contributed by atoms with Crippen LogP contribution in [0.1, 0.15) is 31.7 Å². The molecule has 1 aliphatic carbocycles. The fourth-order valence-corrected chi connectivity index (χ4v) is 2.08. The molecule has 0 atom stereocenters. The lowest BCUT2D eigenvalue weighted by Gasteiger charge is -2.06. The number of hydrogen-bond donors (Lipinski definition) is 1. The molecule has 1 nitrogen and oxygen atoms in total. The highest BCUT2D eigenvalue weighted by atomic mass is 79.9. The van der Waals surface area contributed by atoms with E-state index in [4.69, 9.17) is 0 Å². The van der Waals surface area contributed by atoms with Gasteiger partial charge in [0.05, 0.1) is 4.47 Å². The lowest BCUT2D eigenvalue weighted by molar-refractivity contribution is 0.621. The molecule has 1 N–H and O–H groups in total. The minimum Gasteiger partial charge on any atom is -0.310 e. The predicted molar refractivity (Wildman–Crippen MR) is 73.4 cm³/mol. The summed E-state index contributed by atoms with van der Waals surface area (Å²) in [5, 5.41) is 3.50. The molecule has 0 bridgehead atoms. The van der Waals surface area contributed by atoms with Gasteiger partial charge in [-0.25, -0.2) is 4.39 Å². The Kier molecular flexibility index (Phi) is 4.35. The first-order valence-corrected chi connectivity index (χ1v) is 6.86. The van der Waals surface area contributed by atoms with E-state index in [1.807, 2.05) is 12.1 Å². The summed E-state index contributed by atoms with van der Waals surface area (Å²) >= 11 is 3.21. The molecule has 0 aliphatic heterocycles. The van der Waals surface area contributed by atoms with E-state index in [0.717, 1.165) is 24.6 Å². The predicted octanol–water partition coefficient (Wildman–Crippen LogP) is 4.13. The first-order chi connectivity index (χ1) is 8.19. The summed E-state index contributed by atoms with van der Waals surface area (Å²) in [7, 11) is 0. The van der Waals surface area contributed by atoms with Gasteiger partial charge < -0.3 is 5.32 Å². The van der Waals surface area contributed by atoms with Crippen molar-refractivity contribution in [2.75, 3.05) is 6.54 Å². The molecule has 1 fully saturated rings. The number of halogens is 2. The van der Waals surface area contributed by atoms with Gasteiger partial charge in [-0.2, -0.15) is 0 Å². The van der Waals surface area contributed by atoms with E-state index in [1.54, 1.807) is 0 Å². The molecule has 0 spiro atoms. The van der Waals surface area contributed by atoms with E-state index in [1.165, 1.54) is 24.5 Å². The van der Waals surface area contributed by atoms with Gasteiger partial charge in [-0.05, 0) is 52.9 Å². The number of rotatable bonds is 5. The fraction of sp³-hybridized carbons (Fsp3) is 0.429. The minimum absolute atomic E-state index is 0.212. The van der Waals surface area contributed by atoms with E-state index in [9.17, 15) is 4.39 Å². The van der Waals surface area contributed by atoms with Crippen molar-refractivity contribution < 1.29 is 4.39 Å². The Hall–Kier alpha value is -0.670. The molecule has 0 heterocycles. The highest BCUT2D eigenvalue weighted by Gasteiger charge is 2.19. The molecule has 1 aliphatic rings. The summed E-state index contributed by atoms with van der Waals surface area (Å²) in [5.74, 6) is -0.212. The van der Waals surface area contributed by atoms with Gasteiger partial charge in [-0.1, -0.05) is 24.6 Å². The molecule has 1 saturated carbocycles. The molecule has 0 saturated heterocycles. The van der Waals surface area contributed by atoms with E-state index in [-0.39, 0.29) is 5.82 Å². The van der Waals surface area contributed by atoms with Gasteiger partial charge in [-0.15, -0.1) is 0 Å². The summed E-state index contributed by atoms with van der Waals surface area (Å²) < 4.78 is 13.6. The van der Waals surface area contributed by atoms with Crippen LogP contribution >= 0.6 is 15.9 Å². The molecule has 17 heavy (non-hydrogen) atoms. The van der Waals surface area contributed by atoms with Crippen molar-refractivity contribution in [2.24, 2.45) is 0 Å². The van der Waals surface area contributed by atoms with Gasteiger partial charge in [0.25, 0.3) is 0 Å².